The molecule has 0 aliphatic carbocycles. The van der Waals surface area contributed by atoms with Crippen LogP contribution in [-0.2, 0) is 12.8 Å². The minimum absolute atomic E-state index is 0.667. The predicted octanol–water partition coefficient (Wildman–Crippen LogP) is 14.2. The van der Waals surface area contributed by atoms with Crippen LogP contribution in [-0.4, -0.2) is 15.0 Å². The summed E-state index contributed by atoms with van der Waals surface area (Å²) in [6.45, 7) is 2.21. The molecule has 0 aliphatic rings. The zero-order valence-electron chi connectivity index (χ0n) is 31.7. The van der Waals surface area contributed by atoms with Crippen molar-refractivity contribution < 1.29 is 0 Å². The van der Waals surface area contributed by atoms with E-state index in [0.717, 1.165) is 34.7 Å². The second kappa shape index (κ2) is 13.5. The van der Waals surface area contributed by atoms with Crippen molar-refractivity contribution >= 4 is 76.7 Å². The van der Waals surface area contributed by atoms with E-state index in [1.807, 2.05) is 0 Å². The quantitative estimate of drug-likeness (QED) is 0.120. The molecule has 0 atom stereocenters. The maximum Gasteiger partial charge on any atom is 0.118 e. The van der Waals surface area contributed by atoms with E-state index < -0.39 is 0 Å². The highest BCUT2D eigenvalue weighted by Crippen LogP contribution is 2.40. The van der Waals surface area contributed by atoms with E-state index in [0.29, 0.717) is 6.42 Å². The highest BCUT2D eigenvalue weighted by Gasteiger charge is 2.21. The SMILES string of the molecule is CCc1ccccc1/N=C(\Cc1ccc(-c2ccccc2)cc1)n1c2ccc(-n3c4ccccc4c4c5ccccc5ccc43)cc2c2c3ccccc3ccc21. The standard InChI is InChI=1S/C54H39N3/c1-2-37-14-8-12-22-47(37)55-52(34-36-24-26-39(27-25-36)38-15-4-3-5-16-38)57-49-33-30-42(35-46(49)54-44-20-10-7-18-41(44)29-32-51(54)57)56-48-23-13-11-21-45(48)53-43-19-9-6-17-40(43)28-31-50(53)56/h3-33,35H,2,34H2,1H3/b55-52+. The van der Waals surface area contributed by atoms with Crippen LogP contribution in [0.25, 0.3) is 82.0 Å². The molecule has 3 heteroatoms. The van der Waals surface area contributed by atoms with Gasteiger partial charge in [0.1, 0.15) is 5.84 Å². The normalized spacial score (nSPS) is 12.2. The van der Waals surface area contributed by atoms with Gasteiger partial charge >= 0.3 is 0 Å². The lowest BCUT2D eigenvalue weighted by molar-refractivity contribution is 1.11. The van der Waals surface area contributed by atoms with Gasteiger partial charge in [-0.2, -0.15) is 0 Å². The van der Waals surface area contributed by atoms with Crippen molar-refractivity contribution in [2.75, 3.05) is 0 Å². The number of nitrogens with zero attached hydrogens (tertiary/aromatic N) is 3. The topological polar surface area (TPSA) is 22.2 Å². The highest BCUT2D eigenvalue weighted by molar-refractivity contribution is 6.25. The van der Waals surface area contributed by atoms with Crippen LogP contribution in [0.3, 0.4) is 0 Å². The van der Waals surface area contributed by atoms with Crippen molar-refractivity contribution in [3.63, 3.8) is 0 Å². The van der Waals surface area contributed by atoms with Crippen molar-refractivity contribution in [2.24, 2.45) is 4.99 Å². The Hall–Kier alpha value is -7.23. The van der Waals surface area contributed by atoms with Crippen molar-refractivity contribution in [2.45, 2.75) is 19.8 Å². The Labute approximate surface area is 331 Å². The molecular formula is C54H39N3. The molecule has 0 spiro atoms. The van der Waals surface area contributed by atoms with E-state index in [1.54, 1.807) is 0 Å². The summed E-state index contributed by atoms with van der Waals surface area (Å²) >= 11 is 0. The Bertz CT molecular complexity index is 3340. The third-order valence-corrected chi connectivity index (χ3v) is 11.8. The van der Waals surface area contributed by atoms with Gasteiger partial charge in [0.25, 0.3) is 0 Å². The second-order valence-corrected chi connectivity index (χ2v) is 15.0. The van der Waals surface area contributed by atoms with E-state index >= 15 is 0 Å². The summed E-state index contributed by atoms with van der Waals surface area (Å²) in [6.07, 6.45) is 1.58. The fourth-order valence-corrected chi connectivity index (χ4v) is 9.07. The number of rotatable bonds is 6. The van der Waals surface area contributed by atoms with Gasteiger partial charge in [0, 0.05) is 33.7 Å². The van der Waals surface area contributed by atoms with E-state index in [9.17, 15) is 0 Å². The third-order valence-electron chi connectivity index (χ3n) is 11.8. The number of aromatic nitrogens is 2. The molecule has 0 N–H and O–H groups in total. The third kappa shape index (κ3) is 5.46. The average Bonchev–Trinajstić information content (AvgIpc) is 3.80. The first kappa shape index (κ1) is 33.1. The first-order valence-electron chi connectivity index (χ1n) is 19.9. The molecule has 0 bridgehead atoms. The molecule has 0 fully saturated rings. The van der Waals surface area contributed by atoms with Crippen LogP contribution in [0.15, 0.2) is 199 Å². The Morgan fingerprint density at radius 3 is 1.81 bits per heavy atom. The van der Waals surface area contributed by atoms with Crippen LogP contribution in [0.1, 0.15) is 18.1 Å². The molecule has 11 aromatic rings. The van der Waals surface area contributed by atoms with Crippen molar-refractivity contribution in [1.29, 1.82) is 0 Å². The van der Waals surface area contributed by atoms with Crippen LogP contribution >= 0.6 is 0 Å². The molecule has 0 aliphatic heterocycles. The number of fused-ring (bicyclic) bond motifs is 10. The summed E-state index contributed by atoms with van der Waals surface area (Å²) in [5.41, 5.74) is 11.7. The maximum absolute atomic E-state index is 5.59. The number of para-hydroxylation sites is 2. The molecule has 270 valence electrons. The van der Waals surface area contributed by atoms with Crippen LogP contribution < -0.4 is 0 Å². The fourth-order valence-electron chi connectivity index (χ4n) is 9.07. The second-order valence-electron chi connectivity index (χ2n) is 15.0. The Balaban J connectivity index is 1.17. The van der Waals surface area contributed by atoms with E-state index in [4.69, 9.17) is 4.99 Å². The van der Waals surface area contributed by atoms with Gasteiger partial charge in [-0.15, -0.1) is 0 Å². The van der Waals surface area contributed by atoms with Crippen LogP contribution in [0.2, 0.25) is 0 Å². The minimum atomic E-state index is 0.667. The molecule has 57 heavy (non-hydrogen) atoms. The van der Waals surface area contributed by atoms with Gasteiger partial charge < -0.3 is 4.57 Å². The van der Waals surface area contributed by atoms with Crippen molar-refractivity contribution in [3.05, 3.63) is 205 Å². The lowest BCUT2D eigenvalue weighted by Crippen LogP contribution is -2.15. The lowest BCUT2D eigenvalue weighted by Gasteiger charge is -2.15. The van der Waals surface area contributed by atoms with Crippen LogP contribution in [0.5, 0.6) is 0 Å². The molecule has 11 rings (SSSR count). The van der Waals surface area contributed by atoms with Gasteiger partial charge in [-0.25, -0.2) is 4.99 Å². The highest BCUT2D eigenvalue weighted by atomic mass is 15.1. The number of hydrogen-bond donors (Lipinski definition) is 0. The van der Waals surface area contributed by atoms with Gasteiger partial charge in [-0.1, -0.05) is 159 Å². The zero-order valence-corrected chi connectivity index (χ0v) is 31.7. The van der Waals surface area contributed by atoms with Gasteiger partial charge in [0.05, 0.1) is 27.8 Å². The Kier molecular flexibility index (Phi) is 7.85. The van der Waals surface area contributed by atoms with Crippen LogP contribution in [0, 0.1) is 0 Å². The monoisotopic (exact) mass is 729 g/mol. The van der Waals surface area contributed by atoms with Gasteiger partial charge in [-0.3, -0.25) is 4.57 Å². The molecular weight excluding hydrogens is 691 g/mol. The van der Waals surface area contributed by atoms with Crippen LogP contribution in [0.4, 0.5) is 5.69 Å². The van der Waals surface area contributed by atoms with Gasteiger partial charge in [0.15, 0.2) is 0 Å². The smallest absolute Gasteiger partial charge is 0.118 e. The first-order chi connectivity index (χ1) is 28.2. The zero-order chi connectivity index (χ0) is 37.9. The minimum Gasteiger partial charge on any atom is -0.309 e. The number of aryl methyl sites for hydroxylation is 1. The summed E-state index contributed by atoms with van der Waals surface area (Å²) in [4.78, 5) is 5.59. The summed E-state index contributed by atoms with van der Waals surface area (Å²) in [7, 11) is 0. The molecule has 2 aromatic heterocycles. The number of hydrogen-bond acceptors (Lipinski definition) is 1. The fraction of sp³-hybridized carbons (Fsp3) is 0.0556. The summed E-state index contributed by atoms with van der Waals surface area (Å²) in [5, 5.41) is 10.0. The molecule has 9 aromatic carbocycles. The first-order valence-corrected chi connectivity index (χ1v) is 19.9. The molecule has 2 heterocycles. The summed E-state index contributed by atoms with van der Waals surface area (Å²) in [6, 6.07) is 70.7. The van der Waals surface area contributed by atoms with E-state index in [1.165, 1.54) is 76.4 Å². The van der Waals surface area contributed by atoms with Gasteiger partial charge in [-0.05, 0) is 92.7 Å². The van der Waals surface area contributed by atoms with Crippen molar-refractivity contribution in [3.8, 4) is 16.8 Å². The Morgan fingerprint density at radius 2 is 1.05 bits per heavy atom. The summed E-state index contributed by atoms with van der Waals surface area (Å²) < 4.78 is 4.88. The molecule has 0 saturated heterocycles. The molecule has 3 nitrogen and oxygen atoms in total. The Morgan fingerprint density at radius 1 is 0.456 bits per heavy atom. The maximum atomic E-state index is 5.59. The molecule has 0 unspecified atom stereocenters. The number of benzene rings is 9. The molecule has 0 radical (unpaired) electrons. The number of aliphatic imine (C=N–C) groups is 1. The van der Waals surface area contributed by atoms with E-state index in [-0.39, 0.29) is 0 Å². The predicted molar refractivity (Wildman–Crippen MR) is 243 cm³/mol. The summed E-state index contributed by atoms with van der Waals surface area (Å²) in [5.74, 6) is 0.995. The molecule has 0 saturated carbocycles. The molecule has 0 amide bonds. The largest absolute Gasteiger partial charge is 0.309 e. The average molecular weight is 730 g/mol. The lowest BCUT2D eigenvalue weighted by atomic mass is 10.0. The van der Waals surface area contributed by atoms with Crippen molar-refractivity contribution in [1.82, 2.24) is 9.13 Å². The van der Waals surface area contributed by atoms with Gasteiger partial charge in [0.2, 0.25) is 0 Å². The van der Waals surface area contributed by atoms with E-state index in [2.05, 4.69) is 210 Å².